The first kappa shape index (κ1) is 10.1. The van der Waals surface area contributed by atoms with Crippen molar-refractivity contribution in [3.8, 4) is 6.07 Å². The Balaban J connectivity index is 3.21. The summed E-state index contributed by atoms with van der Waals surface area (Å²) in [5.41, 5.74) is 1.68. The van der Waals surface area contributed by atoms with Crippen molar-refractivity contribution in [2.45, 2.75) is 0 Å². The first-order valence-electron chi connectivity index (χ1n) is 3.29. The Morgan fingerprint density at radius 3 is 2.79 bits per heavy atom. The number of amides is 1. The molecule has 1 rings (SSSR count). The lowest BCUT2D eigenvalue weighted by Crippen LogP contribution is -2.29. The molecule has 14 heavy (non-hydrogen) atoms. The van der Waals surface area contributed by atoms with Crippen molar-refractivity contribution in [1.29, 1.82) is 5.26 Å². The average Bonchev–Trinajstić information content (AvgIpc) is 2.60. The highest BCUT2D eigenvalue weighted by atomic mass is 32.1. The first-order valence-corrected chi connectivity index (χ1v) is 4.11. The van der Waals surface area contributed by atoms with Crippen LogP contribution >= 0.6 is 11.3 Å². The minimum absolute atomic E-state index is 0.0377. The monoisotopic (exact) mass is 212 g/mol. The van der Waals surface area contributed by atoms with Gasteiger partial charge < -0.3 is 0 Å². The van der Waals surface area contributed by atoms with Crippen molar-refractivity contribution in [2.75, 3.05) is 0 Å². The average molecular weight is 212 g/mol. The number of rotatable bonds is 2. The zero-order chi connectivity index (χ0) is 10.7. The van der Waals surface area contributed by atoms with Crippen LogP contribution in [0.1, 0.15) is 15.2 Å². The van der Waals surface area contributed by atoms with Crippen molar-refractivity contribution >= 4 is 22.2 Å². The van der Waals surface area contributed by atoms with Gasteiger partial charge >= 0.3 is 5.00 Å². The summed E-state index contributed by atoms with van der Waals surface area (Å²) in [7, 11) is 0. The van der Waals surface area contributed by atoms with Crippen molar-refractivity contribution in [1.82, 2.24) is 5.43 Å². The zero-order valence-electron chi connectivity index (χ0n) is 6.68. The van der Waals surface area contributed by atoms with Crippen LogP contribution in [0.2, 0.25) is 0 Å². The lowest BCUT2D eigenvalue weighted by molar-refractivity contribution is -0.380. The third kappa shape index (κ3) is 1.68. The number of hydrogen-bond acceptors (Lipinski definition) is 6. The second-order valence-electron chi connectivity index (χ2n) is 2.17. The summed E-state index contributed by atoms with van der Waals surface area (Å²) in [6.45, 7) is 0. The highest BCUT2D eigenvalue weighted by Crippen LogP contribution is 2.29. The molecule has 0 saturated carbocycles. The summed E-state index contributed by atoms with van der Waals surface area (Å²) in [5, 5.41) is 18.6. The maximum atomic E-state index is 11.0. The van der Waals surface area contributed by atoms with Gasteiger partial charge in [0.05, 0.1) is 4.92 Å². The van der Waals surface area contributed by atoms with E-state index in [-0.39, 0.29) is 15.4 Å². The van der Waals surface area contributed by atoms with Crippen LogP contribution < -0.4 is 11.3 Å². The Labute approximate surface area is 81.9 Å². The van der Waals surface area contributed by atoms with Gasteiger partial charge in [0.1, 0.15) is 16.5 Å². The van der Waals surface area contributed by atoms with Gasteiger partial charge in [0.2, 0.25) is 0 Å². The third-order valence-corrected chi connectivity index (χ3v) is 2.44. The second kappa shape index (κ2) is 3.82. The molecule has 0 aliphatic carbocycles. The van der Waals surface area contributed by atoms with Gasteiger partial charge in [-0.2, -0.15) is 5.26 Å². The van der Waals surface area contributed by atoms with Crippen LogP contribution in [-0.2, 0) is 0 Å². The van der Waals surface area contributed by atoms with Crippen molar-refractivity contribution in [3.05, 3.63) is 26.6 Å². The van der Waals surface area contributed by atoms with E-state index in [2.05, 4.69) is 0 Å². The molecule has 0 radical (unpaired) electrons. The molecule has 0 saturated heterocycles. The fourth-order valence-corrected chi connectivity index (χ4v) is 1.61. The van der Waals surface area contributed by atoms with Crippen LogP contribution in [0, 0.1) is 21.4 Å². The number of nitriles is 1. The number of carbonyl (C=O) groups excluding carboxylic acids is 1. The Hall–Kier alpha value is -1.98. The van der Waals surface area contributed by atoms with E-state index in [9.17, 15) is 14.9 Å². The molecule has 0 fully saturated rings. The molecule has 72 valence electrons. The summed E-state index contributed by atoms with van der Waals surface area (Å²) >= 11 is 0.611. The molecule has 7 nitrogen and oxygen atoms in total. The summed E-state index contributed by atoms with van der Waals surface area (Å²) in [5.74, 6) is 4.18. The van der Waals surface area contributed by atoms with Crippen LogP contribution in [0.5, 0.6) is 0 Å². The Morgan fingerprint density at radius 2 is 2.43 bits per heavy atom. The van der Waals surface area contributed by atoms with Crippen molar-refractivity contribution in [3.63, 3.8) is 0 Å². The van der Waals surface area contributed by atoms with Gasteiger partial charge in [-0.25, -0.2) is 5.84 Å². The highest BCUT2D eigenvalue weighted by Gasteiger charge is 2.21. The Kier molecular flexibility index (Phi) is 2.76. The van der Waals surface area contributed by atoms with Gasteiger partial charge in [-0.3, -0.25) is 20.3 Å². The Morgan fingerprint density at radius 1 is 1.79 bits per heavy atom. The largest absolute Gasteiger partial charge is 0.342 e. The fraction of sp³-hybridized carbons (Fsp3) is 0. The maximum absolute atomic E-state index is 11.0. The number of nitrogens with one attached hydrogen (secondary N) is 1. The molecule has 0 aromatic carbocycles. The molecule has 1 amide bonds. The predicted molar refractivity (Wildman–Crippen MR) is 47.3 cm³/mol. The van der Waals surface area contributed by atoms with E-state index in [4.69, 9.17) is 11.1 Å². The van der Waals surface area contributed by atoms with Crippen LogP contribution in [0.25, 0.3) is 0 Å². The van der Waals surface area contributed by atoms with Gasteiger partial charge in [0.15, 0.2) is 0 Å². The number of hydrogen-bond donors (Lipinski definition) is 2. The number of nitrogens with zero attached hydrogens (tertiary/aromatic N) is 2. The molecule has 0 atom stereocenters. The van der Waals surface area contributed by atoms with Crippen molar-refractivity contribution in [2.24, 2.45) is 5.84 Å². The lowest BCUT2D eigenvalue weighted by atomic mass is 10.3. The van der Waals surface area contributed by atoms with E-state index in [0.717, 1.165) is 6.07 Å². The number of carbonyl (C=O) groups is 1. The minimum atomic E-state index is -0.712. The summed E-state index contributed by atoms with van der Waals surface area (Å²) in [6.07, 6.45) is 0. The summed E-state index contributed by atoms with van der Waals surface area (Å²) < 4.78 is 0. The number of nitrogen functional groups attached to an aromatic ring is 1. The second-order valence-corrected chi connectivity index (χ2v) is 3.20. The van der Waals surface area contributed by atoms with Gasteiger partial charge in [0.25, 0.3) is 5.91 Å². The SMILES string of the molecule is N#Cc1cc(C(=O)NN)sc1[N+](=O)[O-]. The topological polar surface area (TPSA) is 122 Å². The molecule has 8 heteroatoms. The van der Waals surface area contributed by atoms with E-state index in [1.807, 2.05) is 5.43 Å². The summed E-state index contributed by atoms with van der Waals surface area (Å²) in [6, 6.07) is 2.75. The quantitative estimate of drug-likeness (QED) is 0.312. The van der Waals surface area contributed by atoms with Gasteiger partial charge in [0, 0.05) is 0 Å². The number of thiophene rings is 1. The smallest absolute Gasteiger partial charge is 0.289 e. The first-order chi connectivity index (χ1) is 6.60. The molecule has 0 bridgehead atoms. The van der Waals surface area contributed by atoms with Crippen molar-refractivity contribution < 1.29 is 9.72 Å². The van der Waals surface area contributed by atoms with E-state index < -0.39 is 10.8 Å². The molecule has 0 unspecified atom stereocenters. The standard InChI is InChI=1S/C6H4N4O3S/c7-2-3-1-4(5(11)9-8)14-6(3)10(12)13/h1H,8H2,(H,9,11). The molecule has 0 spiro atoms. The van der Waals surface area contributed by atoms with Crippen LogP contribution in [0.4, 0.5) is 5.00 Å². The van der Waals surface area contributed by atoms with E-state index in [0.29, 0.717) is 11.3 Å². The van der Waals surface area contributed by atoms with E-state index in [1.165, 1.54) is 0 Å². The summed E-state index contributed by atoms with van der Waals surface area (Å²) in [4.78, 5) is 20.7. The Bertz CT molecular complexity index is 433. The van der Waals surface area contributed by atoms with Gasteiger partial charge in [-0.05, 0) is 6.07 Å². The zero-order valence-corrected chi connectivity index (χ0v) is 7.50. The molecule has 0 aliphatic rings. The molecular formula is C6H4N4O3S. The van der Waals surface area contributed by atoms with Crippen LogP contribution in [0.15, 0.2) is 6.07 Å². The van der Waals surface area contributed by atoms with Crippen LogP contribution in [0.3, 0.4) is 0 Å². The number of nitrogens with two attached hydrogens (primary N) is 1. The van der Waals surface area contributed by atoms with Gasteiger partial charge in [-0.15, -0.1) is 0 Å². The number of nitro groups is 1. The highest BCUT2D eigenvalue weighted by molar-refractivity contribution is 7.17. The fourth-order valence-electron chi connectivity index (χ4n) is 0.780. The molecule has 1 aromatic heterocycles. The lowest BCUT2D eigenvalue weighted by Gasteiger charge is -1.90. The van der Waals surface area contributed by atoms with Gasteiger partial charge in [-0.1, -0.05) is 11.3 Å². The van der Waals surface area contributed by atoms with E-state index >= 15 is 0 Å². The predicted octanol–water partition coefficient (Wildman–Crippen LogP) is 0.131. The minimum Gasteiger partial charge on any atom is -0.289 e. The molecule has 1 heterocycles. The number of hydrazine groups is 1. The molecule has 0 aliphatic heterocycles. The normalized spacial score (nSPS) is 9.14. The third-order valence-electron chi connectivity index (χ3n) is 1.35. The van der Waals surface area contributed by atoms with E-state index in [1.54, 1.807) is 6.07 Å². The maximum Gasteiger partial charge on any atom is 0.342 e. The molecule has 1 aromatic rings. The molecular weight excluding hydrogens is 208 g/mol. The van der Waals surface area contributed by atoms with Crippen LogP contribution in [-0.4, -0.2) is 10.8 Å². The molecule has 3 N–H and O–H groups in total.